The molecule has 22 heavy (non-hydrogen) atoms. The fourth-order valence-electron chi connectivity index (χ4n) is 2.97. The van der Waals surface area contributed by atoms with Gasteiger partial charge in [0.15, 0.2) is 0 Å². The Morgan fingerprint density at radius 2 is 2.14 bits per heavy atom. The summed E-state index contributed by atoms with van der Waals surface area (Å²) in [7, 11) is 0. The maximum absolute atomic E-state index is 13.6. The first kappa shape index (κ1) is 13.0. The lowest BCUT2D eigenvalue weighted by molar-refractivity contribution is 0.364. The van der Waals surface area contributed by atoms with Gasteiger partial charge >= 0.3 is 0 Å². The Labute approximate surface area is 126 Å². The Balaban J connectivity index is 1.90. The summed E-state index contributed by atoms with van der Waals surface area (Å²) in [6.07, 6.45) is 4.99. The molecule has 7 heteroatoms. The molecule has 1 fully saturated rings. The van der Waals surface area contributed by atoms with Gasteiger partial charge < -0.3 is 15.6 Å². The van der Waals surface area contributed by atoms with E-state index < -0.39 is 6.17 Å². The topological polar surface area (TPSA) is 83.7 Å². The fraction of sp³-hybridized carbons (Fsp3) is 0.267. The lowest BCUT2D eigenvalue weighted by Gasteiger charge is -2.19. The summed E-state index contributed by atoms with van der Waals surface area (Å²) in [6, 6.07) is 3.72. The van der Waals surface area contributed by atoms with Crippen LogP contribution < -0.4 is 10.6 Å². The highest BCUT2D eigenvalue weighted by atomic mass is 19.1. The Morgan fingerprint density at radius 3 is 2.91 bits per heavy atom. The van der Waals surface area contributed by atoms with Crippen molar-refractivity contribution in [2.75, 3.05) is 23.7 Å². The molecule has 3 aromatic heterocycles. The number of hydrogen-bond donors (Lipinski definition) is 2. The van der Waals surface area contributed by atoms with Gasteiger partial charge in [0.1, 0.15) is 11.8 Å². The second-order valence-corrected chi connectivity index (χ2v) is 5.39. The third-order valence-corrected chi connectivity index (χ3v) is 3.97. The number of nitrogen functional groups attached to an aromatic ring is 1. The molecule has 0 aliphatic carbocycles. The molecule has 0 spiro atoms. The van der Waals surface area contributed by atoms with Crippen LogP contribution in [0.15, 0.2) is 30.7 Å². The van der Waals surface area contributed by atoms with Crippen molar-refractivity contribution in [3.63, 3.8) is 0 Å². The Morgan fingerprint density at radius 1 is 1.27 bits per heavy atom. The lowest BCUT2D eigenvalue weighted by Crippen LogP contribution is -2.20. The number of fused-ring (bicyclic) bond motifs is 1. The minimum absolute atomic E-state index is 0.224. The van der Waals surface area contributed by atoms with Crippen molar-refractivity contribution < 1.29 is 4.39 Å². The highest BCUT2D eigenvalue weighted by molar-refractivity contribution is 6.02. The first-order chi connectivity index (χ1) is 10.7. The summed E-state index contributed by atoms with van der Waals surface area (Å²) in [5.74, 6) is 0.224. The van der Waals surface area contributed by atoms with Crippen LogP contribution in [-0.4, -0.2) is 39.2 Å². The normalized spacial score (nSPS) is 18.2. The largest absolute Gasteiger partial charge is 0.368 e. The van der Waals surface area contributed by atoms with Gasteiger partial charge in [-0.25, -0.2) is 19.3 Å². The molecule has 112 valence electrons. The monoisotopic (exact) mass is 298 g/mol. The zero-order chi connectivity index (χ0) is 15.1. The SMILES string of the molecule is Nc1nccc(-c2c[nH]c3nccc(N4CC[C@H](F)C4)c23)n1. The van der Waals surface area contributed by atoms with E-state index in [0.29, 0.717) is 19.5 Å². The summed E-state index contributed by atoms with van der Waals surface area (Å²) in [5, 5.41) is 0.940. The van der Waals surface area contributed by atoms with Crippen LogP contribution in [0.2, 0.25) is 0 Å². The van der Waals surface area contributed by atoms with Gasteiger partial charge in [-0.2, -0.15) is 0 Å². The van der Waals surface area contributed by atoms with E-state index >= 15 is 0 Å². The van der Waals surface area contributed by atoms with Gasteiger partial charge in [-0.15, -0.1) is 0 Å². The predicted molar refractivity (Wildman–Crippen MR) is 83.3 cm³/mol. The van der Waals surface area contributed by atoms with Crippen LogP contribution in [0.5, 0.6) is 0 Å². The van der Waals surface area contributed by atoms with Crippen LogP contribution >= 0.6 is 0 Å². The van der Waals surface area contributed by atoms with E-state index in [2.05, 4.69) is 24.8 Å². The van der Waals surface area contributed by atoms with Gasteiger partial charge in [0.25, 0.3) is 0 Å². The molecule has 1 aliphatic rings. The quantitative estimate of drug-likeness (QED) is 0.757. The van der Waals surface area contributed by atoms with Gasteiger partial charge in [-0.1, -0.05) is 0 Å². The summed E-state index contributed by atoms with van der Waals surface area (Å²) < 4.78 is 13.6. The van der Waals surface area contributed by atoms with Crippen molar-refractivity contribution in [3.05, 3.63) is 30.7 Å². The summed E-state index contributed by atoms with van der Waals surface area (Å²) in [4.78, 5) is 17.7. The van der Waals surface area contributed by atoms with Gasteiger partial charge in [0, 0.05) is 37.2 Å². The maximum Gasteiger partial charge on any atom is 0.220 e. The molecule has 0 aromatic carbocycles. The standard InChI is InChI=1S/C15H15FN6/c16-9-3-6-22(8-9)12-2-5-18-14-13(12)10(7-20-14)11-1-4-19-15(17)21-11/h1-2,4-5,7,9H,3,6,8H2,(H,18,20)(H2,17,19,21)/t9-/m0/s1. The number of halogens is 1. The van der Waals surface area contributed by atoms with Gasteiger partial charge in [0.05, 0.1) is 16.8 Å². The molecule has 3 aromatic rings. The van der Waals surface area contributed by atoms with E-state index in [1.807, 2.05) is 12.3 Å². The molecular weight excluding hydrogens is 283 g/mol. The van der Waals surface area contributed by atoms with Crippen LogP contribution in [-0.2, 0) is 0 Å². The van der Waals surface area contributed by atoms with Crippen molar-refractivity contribution in [2.24, 2.45) is 0 Å². The molecule has 3 N–H and O–H groups in total. The minimum Gasteiger partial charge on any atom is -0.368 e. The van der Waals surface area contributed by atoms with Crippen LogP contribution in [0.4, 0.5) is 16.0 Å². The number of aromatic amines is 1. The van der Waals surface area contributed by atoms with E-state index in [1.54, 1.807) is 18.5 Å². The van der Waals surface area contributed by atoms with Crippen LogP contribution in [0, 0.1) is 0 Å². The molecule has 0 bridgehead atoms. The first-order valence-electron chi connectivity index (χ1n) is 7.16. The number of anilines is 2. The third-order valence-electron chi connectivity index (χ3n) is 3.97. The molecule has 1 saturated heterocycles. The zero-order valence-electron chi connectivity index (χ0n) is 11.8. The molecule has 4 heterocycles. The van der Waals surface area contributed by atoms with Gasteiger partial charge in [-0.3, -0.25) is 0 Å². The lowest BCUT2D eigenvalue weighted by atomic mass is 10.1. The second kappa shape index (κ2) is 4.94. The Bertz CT molecular complexity index is 830. The van der Waals surface area contributed by atoms with Crippen LogP contribution in [0.1, 0.15) is 6.42 Å². The number of nitrogens with two attached hydrogens (primary N) is 1. The summed E-state index contributed by atoms with van der Waals surface area (Å²) in [6.45, 7) is 1.12. The fourth-order valence-corrected chi connectivity index (χ4v) is 2.97. The number of alkyl halides is 1. The van der Waals surface area contributed by atoms with E-state index in [9.17, 15) is 4.39 Å². The number of pyridine rings is 1. The molecule has 1 atom stereocenters. The van der Waals surface area contributed by atoms with E-state index in [0.717, 1.165) is 28.0 Å². The molecule has 6 nitrogen and oxygen atoms in total. The number of nitrogens with one attached hydrogen (secondary N) is 1. The predicted octanol–water partition coefficient (Wildman–Crippen LogP) is 2.15. The third kappa shape index (κ3) is 2.05. The van der Waals surface area contributed by atoms with E-state index in [-0.39, 0.29) is 5.95 Å². The number of hydrogen-bond acceptors (Lipinski definition) is 5. The minimum atomic E-state index is -0.777. The summed E-state index contributed by atoms with van der Waals surface area (Å²) >= 11 is 0. The maximum atomic E-state index is 13.6. The number of aromatic nitrogens is 4. The summed E-state index contributed by atoms with van der Waals surface area (Å²) in [5.41, 5.74) is 9.03. The number of H-pyrrole nitrogens is 1. The van der Waals surface area contributed by atoms with Crippen molar-refractivity contribution in [1.29, 1.82) is 0 Å². The Kier molecular flexibility index (Phi) is 2.92. The number of nitrogens with zero attached hydrogens (tertiary/aromatic N) is 4. The molecule has 0 unspecified atom stereocenters. The van der Waals surface area contributed by atoms with Gasteiger partial charge in [0.2, 0.25) is 5.95 Å². The smallest absolute Gasteiger partial charge is 0.220 e. The van der Waals surface area contributed by atoms with Gasteiger partial charge in [-0.05, 0) is 18.6 Å². The van der Waals surface area contributed by atoms with Crippen molar-refractivity contribution in [1.82, 2.24) is 19.9 Å². The van der Waals surface area contributed by atoms with Crippen molar-refractivity contribution >= 4 is 22.7 Å². The van der Waals surface area contributed by atoms with Crippen molar-refractivity contribution in [2.45, 2.75) is 12.6 Å². The van der Waals surface area contributed by atoms with E-state index in [1.165, 1.54) is 0 Å². The molecule has 0 amide bonds. The molecular formula is C15H15FN6. The molecule has 4 rings (SSSR count). The average Bonchev–Trinajstić information content (AvgIpc) is 3.13. The van der Waals surface area contributed by atoms with Crippen molar-refractivity contribution in [3.8, 4) is 11.3 Å². The molecule has 0 radical (unpaired) electrons. The zero-order valence-corrected chi connectivity index (χ0v) is 11.8. The number of rotatable bonds is 2. The molecule has 0 saturated carbocycles. The highest BCUT2D eigenvalue weighted by Gasteiger charge is 2.25. The van der Waals surface area contributed by atoms with Crippen LogP contribution in [0.3, 0.4) is 0 Å². The van der Waals surface area contributed by atoms with Crippen LogP contribution in [0.25, 0.3) is 22.3 Å². The highest BCUT2D eigenvalue weighted by Crippen LogP contribution is 2.35. The Hall–Kier alpha value is -2.70. The first-order valence-corrected chi connectivity index (χ1v) is 7.16. The van der Waals surface area contributed by atoms with E-state index in [4.69, 9.17) is 5.73 Å². The molecule has 1 aliphatic heterocycles. The second-order valence-electron chi connectivity index (χ2n) is 5.39. The average molecular weight is 298 g/mol.